The Bertz CT molecular complexity index is 1310. The molecule has 0 atom stereocenters. The van der Waals surface area contributed by atoms with Crippen LogP contribution in [0.5, 0.6) is 5.75 Å². The summed E-state index contributed by atoms with van der Waals surface area (Å²) in [6.07, 6.45) is 1.39. The van der Waals surface area contributed by atoms with Crippen LogP contribution in [0.1, 0.15) is 44.9 Å². The molecular weight excluding hydrogens is 464 g/mol. The molecule has 1 saturated heterocycles. The maximum absolute atomic E-state index is 13.7. The smallest absolute Gasteiger partial charge is 0.267 e. The number of amidine groups is 1. The summed E-state index contributed by atoms with van der Waals surface area (Å²) in [4.78, 5) is 20.3. The first-order valence-electron chi connectivity index (χ1n) is 10.7. The minimum atomic E-state index is -2.87. The summed E-state index contributed by atoms with van der Waals surface area (Å²) in [5.74, 6) is -1.98. The number of rotatable bonds is 4. The summed E-state index contributed by atoms with van der Waals surface area (Å²) >= 11 is 1.19. The molecule has 1 aliphatic carbocycles. The highest BCUT2D eigenvalue weighted by Gasteiger charge is 2.42. The van der Waals surface area contributed by atoms with E-state index < -0.39 is 18.4 Å². The summed E-state index contributed by atoms with van der Waals surface area (Å²) in [6.45, 7) is 3.50. The van der Waals surface area contributed by atoms with Crippen LogP contribution in [0, 0.1) is 13.8 Å². The van der Waals surface area contributed by atoms with E-state index >= 15 is 0 Å². The van der Waals surface area contributed by atoms with Gasteiger partial charge < -0.3 is 15.4 Å². The van der Waals surface area contributed by atoms with Crippen molar-refractivity contribution in [2.75, 3.05) is 20.2 Å². The van der Waals surface area contributed by atoms with Crippen molar-refractivity contribution in [3.05, 3.63) is 45.9 Å². The van der Waals surface area contributed by atoms with Gasteiger partial charge in [-0.15, -0.1) is 0 Å². The largest absolute Gasteiger partial charge is 0.496 e. The lowest BCUT2D eigenvalue weighted by molar-refractivity contribution is 0.0120. The Kier molecular flexibility index (Phi) is 5.42. The number of nitrogens with two attached hydrogens (primary N) is 1. The Labute approximate surface area is 198 Å². The van der Waals surface area contributed by atoms with Crippen molar-refractivity contribution >= 4 is 23.7 Å². The van der Waals surface area contributed by atoms with Crippen molar-refractivity contribution < 1.29 is 18.3 Å². The van der Waals surface area contributed by atoms with Gasteiger partial charge in [-0.2, -0.15) is 19.4 Å². The second-order valence-corrected chi connectivity index (χ2v) is 9.23. The van der Waals surface area contributed by atoms with Gasteiger partial charge in [0.1, 0.15) is 18.0 Å². The van der Waals surface area contributed by atoms with Crippen LogP contribution in [0.25, 0.3) is 11.3 Å². The minimum Gasteiger partial charge on any atom is -0.496 e. The van der Waals surface area contributed by atoms with Gasteiger partial charge in [0.05, 0.1) is 25.0 Å². The highest BCUT2D eigenvalue weighted by molar-refractivity contribution is 7.97. The van der Waals surface area contributed by atoms with Gasteiger partial charge in [-0.1, -0.05) is 0 Å². The molecule has 1 aromatic heterocycles. The highest BCUT2D eigenvalue weighted by Crippen LogP contribution is 2.39. The average molecular weight is 488 g/mol. The molecule has 1 fully saturated rings. The van der Waals surface area contributed by atoms with Gasteiger partial charge in [-0.3, -0.25) is 9.78 Å². The number of halogens is 2. The Hall–Kier alpha value is -3.28. The number of carbonyl (C=O) groups is 1. The molecule has 12 heteroatoms. The molecule has 0 radical (unpaired) electrons. The maximum Gasteiger partial charge on any atom is 0.267 e. The molecular formula is C22H23F2N7O2S. The van der Waals surface area contributed by atoms with Gasteiger partial charge in [0.15, 0.2) is 5.84 Å². The van der Waals surface area contributed by atoms with Crippen LogP contribution in [-0.2, 0) is 12.3 Å². The zero-order chi connectivity index (χ0) is 24.2. The van der Waals surface area contributed by atoms with Crippen molar-refractivity contribution in [1.82, 2.24) is 24.9 Å². The predicted molar refractivity (Wildman–Crippen MR) is 123 cm³/mol. The van der Waals surface area contributed by atoms with E-state index in [-0.39, 0.29) is 25.3 Å². The maximum atomic E-state index is 13.7. The second kappa shape index (κ2) is 8.19. The van der Waals surface area contributed by atoms with Crippen LogP contribution in [0.4, 0.5) is 8.78 Å². The van der Waals surface area contributed by atoms with E-state index in [0.29, 0.717) is 33.8 Å². The number of aryl methyl sites for hydroxylation is 1. The zero-order valence-corrected chi connectivity index (χ0v) is 19.7. The monoisotopic (exact) mass is 487 g/mol. The summed E-state index contributed by atoms with van der Waals surface area (Å²) in [5.41, 5.74) is 11.3. The molecule has 0 unspecified atom stereocenters. The molecule has 34 heavy (non-hydrogen) atoms. The number of carbonyl (C=O) groups excluding carboxylic acids is 1. The highest BCUT2D eigenvalue weighted by atomic mass is 32.2. The number of amides is 1. The fraction of sp³-hybridized carbons (Fsp3) is 0.409. The van der Waals surface area contributed by atoms with Crippen molar-refractivity contribution in [1.29, 1.82) is 0 Å². The van der Waals surface area contributed by atoms with Crippen molar-refractivity contribution in [2.45, 2.75) is 38.5 Å². The lowest BCUT2D eigenvalue weighted by Gasteiger charge is -2.16. The van der Waals surface area contributed by atoms with Crippen molar-refractivity contribution in [3.8, 4) is 17.0 Å². The summed E-state index contributed by atoms with van der Waals surface area (Å²) in [6, 6.07) is 1.64. The summed E-state index contributed by atoms with van der Waals surface area (Å²) in [7, 11) is 1.61. The van der Waals surface area contributed by atoms with Crippen LogP contribution < -0.4 is 10.5 Å². The van der Waals surface area contributed by atoms with E-state index in [1.165, 1.54) is 21.6 Å². The van der Waals surface area contributed by atoms with Crippen LogP contribution in [-0.4, -0.2) is 62.7 Å². The van der Waals surface area contributed by atoms with Gasteiger partial charge in [0, 0.05) is 47.2 Å². The first kappa shape index (κ1) is 22.5. The number of ether oxygens (including phenoxy) is 1. The second-order valence-electron chi connectivity index (χ2n) is 8.50. The number of alkyl halides is 2. The molecule has 0 spiro atoms. The lowest BCUT2D eigenvalue weighted by atomic mass is 10.1. The van der Waals surface area contributed by atoms with Crippen LogP contribution in [0.2, 0.25) is 0 Å². The first-order valence-corrected chi connectivity index (χ1v) is 11.7. The molecule has 0 aromatic carbocycles. The molecule has 9 nitrogen and oxygen atoms in total. The molecule has 1 amide bonds. The van der Waals surface area contributed by atoms with Gasteiger partial charge in [-0.05, 0) is 37.4 Å². The Morgan fingerprint density at radius 1 is 1.32 bits per heavy atom. The van der Waals surface area contributed by atoms with E-state index in [1.54, 1.807) is 19.4 Å². The van der Waals surface area contributed by atoms with E-state index in [9.17, 15) is 13.6 Å². The van der Waals surface area contributed by atoms with Gasteiger partial charge in [-0.25, -0.2) is 8.78 Å². The molecule has 0 bridgehead atoms. The minimum absolute atomic E-state index is 0.0112. The molecule has 4 heterocycles. The Balaban J connectivity index is 1.59. The third-order valence-electron chi connectivity index (χ3n) is 6.18. The number of likely N-dealkylation sites (tertiary alicyclic amines) is 1. The van der Waals surface area contributed by atoms with E-state index in [2.05, 4.69) is 19.6 Å². The molecule has 178 valence electrons. The van der Waals surface area contributed by atoms with Gasteiger partial charge in [0.25, 0.3) is 11.8 Å². The van der Waals surface area contributed by atoms with Crippen LogP contribution in [0.3, 0.4) is 0 Å². The molecule has 0 saturated carbocycles. The molecule has 1 aromatic rings. The topological polar surface area (TPSA) is 112 Å². The average Bonchev–Trinajstić information content (AvgIpc) is 3.29. The molecule has 3 aliphatic heterocycles. The standard InChI is InChI=1S/C22H23F2N7O2S/c1-11-7-26-16(12(2)19(11)33-3)8-31-27-15-6-13(21(32)30-5-4-22(23,24)10-30)14-9-34-29-20(25)18(28-31)17(14)15/h6-7H,4-5,8-10H2,1-3H3,(H2,25,29). The number of methoxy groups -OCH3 is 1. The number of hydrogen-bond acceptors (Lipinski definition) is 8. The number of pyridine rings is 1. The summed E-state index contributed by atoms with van der Waals surface area (Å²) < 4.78 is 37.3. The number of aromatic nitrogens is 4. The van der Waals surface area contributed by atoms with E-state index in [1.807, 2.05) is 13.8 Å². The normalized spacial score (nSPS) is 17.1. The zero-order valence-electron chi connectivity index (χ0n) is 18.9. The lowest BCUT2D eigenvalue weighted by Crippen LogP contribution is -2.31. The molecule has 4 aliphatic rings. The fourth-order valence-electron chi connectivity index (χ4n) is 4.48. The van der Waals surface area contributed by atoms with Crippen molar-refractivity contribution in [2.24, 2.45) is 10.1 Å². The SMILES string of the molecule is COc1c(C)cnc(Cn2nc3cc(C(=O)N4CCC(F)(F)C4)c4c-3c(n2)C(N)=NSC4)c1C. The van der Waals surface area contributed by atoms with Gasteiger partial charge >= 0.3 is 0 Å². The Morgan fingerprint density at radius 2 is 2.12 bits per heavy atom. The first-order chi connectivity index (χ1) is 16.2. The number of hydrogen-bond donors (Lipinski definition) is 1. The molecule has 5 rings (SSSR count). The Morgan fingerprint density at radius 3 is 2.82 bits per heavy atom. The van der Waals surface area contributed by atoms with E-state index in [4.69, 9.17) is 10.5 Å². The predicted octanol–water partition coefficient (Wildman–Crippen LogP) is 2.80. The van der Waals surface area contributed by atoms with Gasteiger partial charge in [0.2, 0.25) is 0 Å². The quantitative estimate of drug-likeness (QED) is 0.563. The number of nitrogens with zero attached hydrogens (tertiary/aromatic N) is 6. The van der Waals surface area contributed by atoms with Crippen LogP contribution in [0.15, 0.2) is 16.7 Å². The van der Waals surface area contributed by atoms with Crippen molar-refractivity contribution in [3.63, 3.8) is 0 Å². The van der Waals surface area contributed by atoms with Crippen LogP contribution >= 0.6 is 11.9 Å². The summed E-state index contributed by atoms with van der Waals surface area (Å²) in [5, 5.41) is 9.20. The van der Waals surface area contributed by atoms with E-state index in [0.717, 1.165) is 22.6 Å². The third-order valence-corrected chi connectivity index (χ3v) is 6.93. The third kappa shape index (κ3) is 3.75. The molecule has 2 N–H and O–H groups in total. The fourth-order valence-corrected chi connectivity index (χ4v) is 5.20.